The van der Waals surface area contributed by atoms with Gasteiger partial charge in [-0.25, -0.2) is 17.2 Å². The highest BCUT2D eigenvalue weighted by Crippen LogP contribution is 2.42. The Morgan fingerprint density at radius 1 is 1.11 bits per heavy atom. The highest BCUT2D eigenvalue weighted by molar-refractivity contribution is 7.90. The molecule has 0 amide bonds. The van der Waals surface area contributed by atoms with Gasteiger partial charge in [-0.2, -0.15) is 22.4 Å². The van der Waals surface area contributed by atoms with Gasteiger partial charge >= 0.3 is 6.18 Å². The number of hydrogen-bond donors (Lipinski definition) is 1. The van der Waals surface area contributed by atoms with Crippen molar-refractivity contribution in [2.75, 3.05) is 0 Å². The van der Waals surface area contributed by atoms with Crippen LogP contribution in [0.15, 0.2) is 24.4 Å². The molecule has 0 bridgehead atoms. The summed E-state index contributed by atoms with van der Waals surface area (Å²) in [4.78, 5) is 1.50. The molecule has 35 heavy (non-hydrogen) atoms. The lowest BCUT2D eigenvalue weighted by atomic mass is 9.89. The maximum Gasteiger partial charge on any atom is 0.416 e. The van der Waals surface area contributed by atoms with Gasteiger partial charge in [-0.15, -0.1) is 0 Å². The third-order valence-corrected chi connectivity index (χ3v) is 9.19. The van der Waals surface area contributed by atoms with Crippen molar-refractivity contribution in [3.63, 3.8) is 0 Å². The van der Waals surface area contributed by atoms with Crippen LogP contribution in [0.1, 0.15) is 55.0 Å². The fraction of sp³-hybridized carbons (Fsp3) is 0.591. The summed E-state index contributed by atoms with van der Waals surface area (Å²) in [6, 6.07) is 0.266. The topological polar surface area (TPSA) is 90.5 Å². The SMILES string of the molecule is N[C@H]1C[C@@H](N2Cc3cn(S(=O)(=O)C4CCCC4)nc3C2)[C@@H](C(F)(F)F)O[C@@H]1c1cc(F)ccc1F. The molecule has 1 saturated carbocycles. The van der Waals surface area contributed by atoms with Crippen LogP contribution in [0.5, 0.6) is 0 Å². The summed E-state index contributed by atoms with van der Waals surface area (Å²) in [5.74, 6) is -1.71. The van der Waals surface area contributed by atoms with Gasteiger partial charge in [0.1, 0.15) is 17.7 Å². The maximum atomic E-state index is 14.3. The van der Waals surface area contributed by atoms with Gasteiger partial charge in [0, 0.05) is 42.5 Å². The molecule has 2 aliphatic heterocycles. The van der Waals surface area contributed by atoms with Gasteiger partial charge in [0.05, 0.1) is 10.9 Å². The largest absolute Gasteiger partial charge is 0.416 e. The zero-order valence-corrected chi connectivity index (χ0v) is 19.4. The molecule has 0 radical (unpaired) electrons. The monoisotopic (exact) mass is 520 g/mol. The Bertz CT molecular complexity index is 1190. The standard InChI is InChI=1S/C22H25F5N4O3S/c23-13-5-6-16(24)15(7-13)20-17(28)8-19(21(34-20)22(25,26)27)30-9-12-10-31(29-18(12)11-30)35(32,33)14-3-1-2-4-14/h5-7,10,14,17,19-21H,1-4,8-9,11,28H2/t17-,19+,20+,21-/m0/s1. The van der Waals surface area contributed by atoms with Crippen LogP contribution in [0, 0.1) is 11.6 Å². The van der Waals surface area contributed by atoms with Crippen molar-refractivity contribution >= 4 is 10.0 Å². The number of fused-ring (bicyclic) bond motifs is 1. The fourth-order valence-electron chi connectivity index (χ4n) is 5.40. The molecular formula is C22H25F5N4O3S. The van der Waals surface area contributed by atoms with Crippen molar-refractivity contribution in [1.82, 2.24) is 14.1 Å². The summed E-state index contributed by atoms with van der Waals surface area (Å²) in [6.07, 6.45) is -4.58. The van der Waals surface area contributed by atoms with E-state index in [0.717, 1.165) is 35.1 Å². The Hall–Kier alpha value is -2.09. The smallest absolute Gasteiger partial charge is 0.357 e. The van der Waals surface area contributed by atoms with Crippen molar-refractivity contribution in [3.8, 4) is 0 Å². The number of ether oxygens (including phenoxy) is 1. The van der Waals surface area contributed by atoms with Crippen molar-refractivity contribution in [2.45, 2.75) is 80.9 Å². The Balaban J connectivity index is 1.37. The van der Waals surface area contributed by atoms with Gasteiger partial charge in [0.2, 0.25) is 0 Å². The summed E-state index contributed by atoms with van der Waals surface area (Å²) < 4.78 is 102. The molecule has 2 N–H and O–H groups in total. The Labute approximate surface area is 199 Å². The molecule has 7 nitrogen and oxygen atoms in total. The normalized spacial score (nSPS) is 28.5. The molecule has 2 aromatic rings. The molecule has 1 saturated heterocycles. The van der Waals surface area contributed by atoms with E-state index in [0.29, 0.717) is 24.1 Å². The van der Waals surface area contributed by atoms with Crippen molar-refractivity contribution in [2.24, 2.45) is 5.73 Å². The lowest BCUT2D eigenvalue weighted by Gasteiger charge is -2.44. The summed E-state index contributed by atoms with van der Waals surface area (Å²) >= 11 is 0. The number of nitrogens with zero attached hydrogens (tertiary/aromatic N) is 3. The fourth-order valence-corrected chi connectivity index (χ4v) is 7.13. The molecule has 3 aliphatic rings. The predicted octanol–water partition coefficient (Wildman–Crippen LogP) is 3.39. The number of alkyl halides is 3. The molecule has 2 fully saturated rings. The molecule has 0 spiro atoms. The van der Waals surface area contributed by atoms with Crippen LogP contribution < -0.4 is 5.73 Å². The molecular weight excluding hydrogens is 495 g/mol. The average molecular weight is 521 g/mol. The van der Waals surface area contributed by atoms with Gasteiger partial charge in [0.25, 0.3) is 10.0 Å². The van der Waals surface area contributed by atoms with E-state index in [1.165, 1.54) is 11.1 Å². The molecule has 1 aromatic heterocycles. The van der Waals surface area contributed by atoms with Crippen LogP contribution in [0.4, 0.5) is 22.0 Å². The number of halogens is 5. The Morgan fingerprint density at radius 2 is 1.83 bits per heavy atom. The Kier molecular flexibility index (Phi) is 6.17. The van der Waals surface area contributed by atoms with Crippen LogP contribution in [0.3, 0.4) is 0 Å². The summed E-state index contributed by atoms with van der Waals surface area (Å²) in [6.45, 7) is 0.0384. The van der Waals surface area contributed by atoms with E-state index in [4.69, 9.17) is 10.5 Å². The molecule has 192 valence electrons. The van der Waals surface area contributed by atoms with Gasteiger partial charge in [-0.3, -0.25) is 4.90 Å². The quantitative estimate of drug-likeness (QED) is 0.622. The van der Waals surface area contributed by atoms with Crippen molar-refractivity contribution < 1.29 is 35.1 Å². The number of hydrogen-bond acceptors (Lipinski definition) is 6. The van der Waals surface area contributed by atoms with Crippen LogP contribution in [-0.4, -0.2) is 52.1 Å². The Morgan fingerprint density at radius 3 is 2.49 bits per heavy atom. The molecule has 3 heterocycles. The lowest BCUT2D eigenvalue weighted by molar-refractivity contribution is -0.269. The zero-order valence-electron chi connectivity index (χ0n) is 18.6. The molecule has 13 heteroatoms. The third-order valence-electron chi connectivity index (χ3n) is 7.17. The van der Waals surface area contributed by atoms with Crippen LogP contribution in [0.2, 0.25) is 0 Å². The molecule has 4 atom stereocenters. The van der Waals surface area contributed by atoms with E-state index in [2.05, 4.69) is 5.10 Å². The number of nitrogens with two attached hydrogens (primary N) is 1. The lowest BCUT2D eigenvalue weighted by Crippen LogP contribution is -2.58. The number of benzene rings is 1. The van der Waals surface area contributed by atoms with Gasteiger partial charge < -0.3 is 10.5 Å². The second-order valence-corrected chi connectivity index (χ2v) is 11.6. The van der Waals surface area contributed by atoms with Crippen molar-refractivity contribution in [1.29, 1.82) is 0 Å². The van der Waals surface area contributed by atoms with E-state index >= 15 is 0 Å². The molecule has 1 aromatic carbocycles. The second kappa shape index (κ2) is 8.79. The predicted molar refractivity (Wildman–Crippen MR) is 114 cm³/mol. The van der Waals surface area contributed by atoms with Crippen LogP contribution in [-0.2, 0) is 27.8 Å². The molecule has 5 rings (SSSR count). The summed E-state index contributed by atoms with van der Waals surface area (Å²) in [5, 5.41) is 3.68. The highest BCUT2D eigenvalue weighted by Gasteiger charge is 2.54. The zero-order chi connectivity index (χ0) is 25.1. The van der Waals surface area contributed by atoms with Crippen molar-refractivity contribution in [3.05, 3.63) is 52.9 Å². The van der Waals surface area contributed by atoms with E-state index in [1.54, 1.807) is 0 Å². The first-order valence-corrected chi connectivity index (χ1v) is 12.9. The first kappa shape index (κ1) is 24.6. The van der Waals surface area contributed by atoms with Gasteiger partial charge in [-0.1, -0.05) is 12.8 Å². The third kappa shape index (κ3) is 4.47. The first-order chi connectivity index (χ1) is 16.4. The maximum absolute atomic E-state index is 14.3. The van der Waals surface area contributed by atoms with Gasteiger partial charge in [0.15, 0.2) is 6.10 Å². The number of aromatic nitrogens is 2. The van der Waals surface area contributed by atoms with E-state index in [-0.39, 0.29) is 25.1 Å². The van der Waals surface area contributed by atoms with E-state index in [9.17, 15) is 30.4 Å². The molecule has 0 unspecified atom stereocenters. The summed E-state index contributed by atoms with van der Waals surface area (Å²) in [5.41, 5.74) is 6.68. The van der Waals surface area contributed by atoms with Crippen LogP contribution in [0.25, 0.3) is 0 Å². The van der Waals surface area contributed by atoms with Crippen LogP contribution >= 0.6 is 0 Å². The van der Waals surface area contributed by atoms with Gasteiger partial charge in [-0.05, 0) is 37.5 Å². The van der Waals surface area contributed by atoms with E-state index in [1.807, 2.05) is 0 Å². The minimum Gasteiger partial charge on any atom is -0.357 e. The van der Waals surface area contributed by atoms with E-state index < -0.39 is 57.4 Å². The average Bonchev–Trinajstić information content (AvgIpc) is 3.51. The summed E-state index contributed by atoms with van der Waals surface area (Å²) in [7, 11) is -3.65. The first-order valence-electron chi connectivity index (χ1n) is 11.4. The highest BCUT2D eigenvalue weighted by atomic mass is 32.2. The minimum absolute atomic E-state index is 0.00512. The minimum atomic E-state index is -4.79. The number of rotatable bonds is 4. The second-order valence-electron chi connectivity index (χ2n) is 9.48. The molecule has 1 aliphatic carbocycles.